The van der Waals surface area contributed by atoms with Gasteiger partial charge in [0.25, 0.3) is 11.8 Å². The Hall–Kier alpha value is -5.43. The molecule has 4 aromatic rings. The lowest BCUT2D eigenvalue weighted by Gasteiger charge is -2.37. The fourth-order valence-electron chi connectivity index (χ4n) is 7.69. The van der Waals surface area contributed by atoms with Crippen molar-refractivity contribution in [2.75, 3.05) is 93.9 Å². The van der Waals surface area contributed by atoms with Crippen molar-refractivity contribution in [3.05, 3.63) is 95.1 Å². The maximum Gasteiger partial charge on any atom is 0.253 e. The number of ketones is 2. The Bertz CT molecular complexity index is 1890. The average molecular weight is 813 g/mol. The quantitative estimate of drug-likeness (QED) is 0.131. The molecule has 2 heterocycles. The van der Waals surface area contributed by atoms with Gasteiger partial charge < -0.3 is 28.7 Å². The number of Topliss-reactive ketones (excluding diaryl/α,β-unsaturated/α-hetero) is 2. The highest BCUT2D eigenvalue weighted by Gasteiger charge is 2.25. The van der Waals surface area contributed by atoms with Crippen molar-refractivity contribution in [2.45, 2.75) is 20.3 Å². The average Bonchev–Trinajstić information content (AvgIpc) is 3.25. The maximum absolute atomic E-state index is 13.4. The van der Waals surface area contributed by atoms with Crippen LogP contribution in [-0.2, 0) is 0 Å². The lowest BCUT2D eigenvalue weighted by atomic mass is 9.99. The van der Waals surface area contributed by atoms with Gasteiger partial charge in [-0.2, -0.15) is 0 Å². The van der Waals surface area contributed by atoms with E-state index in [1.165, 1.54) is 42.3 Å². The molecule has 0 spiro atoms. The van der Waals surface area contributed by atoms with Gasteiger partial charge in [0, 0.05) is 63.5 Å². The molecule has 4 aromatic carbocycles. The van der Waals surface area contributed by atoms with Crippen LogP contribution in [0.25, 0.3) is 22.3 Å². The van der Waals surface area contributed by atoms with Crippen LogP contribution in [0.5, 0.6) is 23.0 Å². The molecule has 0 aliphatic carbocycles. The van der Waals surface area contributed by atoms with Crippen molar-refractivity contribution in [1.82, 2.24) is 19.6 Å². The van der Waals surface area contributed by atoms with Crippen LogP contribution < -0.4 is 18.9 Å². The van der Waals surface area contributed by atoms with Crippen molar-refractivity contribution in [2.24, 2.45) is 0 Å². The Morgan fingerprint density at radius 3 is 1.02 bits per heavy atom. The molecule has 2 fully saturated rings. The third kappa shape index (κ3) is 9.81. The molecule has 12 nitrogen and oxygen atoms in total. The van der Waals surface area contributed by atoms with E-state index in [-0.39, 0.29) is 35.8 Å². The first-order chi connectivity index (χ1) is 27.5. The molecule has 13 heteroatoms. The molecule has 0 atom stereocenters. The number of hydrogen-bond acceptors (Lipinski definition) is 10. The lowest BCUT2D eigenvalue weighted by molar-refractivity contribution is 0.0605. The van der Waals surface area contributed by atoms with Crippen molar-refractivity contribution in [3.63, 3.8) is 0 Å². The topological polar surface area (TPSA) is 118 Å². The number of benzene rings is 4. The van der Waals surface area contributed by atoms with Crippen molar-refractivity contribution in [1.29, 1.82) is 0 Å². The van der Waals surface area contributed by atoms with Gasteiger partial charge in [0.15, 0.2) is 11.6 Å². The Morgan fingerprint density at radius 2 is 0.759 bits per heavy atom. The lowest BCUT2D eigenvalue weighted by Crippen LogP contribution is -2.50. The summed E-state index contributed by atoms with van der Waals surface area (Å²) >= 11 is 0. The SMILES string of the molecule is COc1cc(-c2ccc(C(=O)N3CCN(CCCN4CCN(C(=O)c5ccc(-c6cc(OC)c(C(C)=O)c(OC)c6)cc5)CC4)CC3)cc2)cc(OC)c1C(C)=O.Cl. The van der Waals surface area contributed by atoms with Crippen LogP contribution in [-0.4, -0.2) is 137 Å². The molecule has 2 amide bonds. The van der Waals surface area contributed by atoms with E-state index >= 15 is 0 Å². The minimum absolute atomic E-state index is 0. The zero-order chi connectivity index (χ0) is 40.6. The normalized spacial score (nSPS) is 14.7. The summed E-state index contributed by atoms with van der Waals surface area (Å²) in [4.78, 5) is 59.8. The summed E-state index contributed by atoms with van der Waals surface area (Å²) in [6, 6.07) is 22.3. The summed E-state index contributed by atoms with van der Waals surface area (Å²) in [5.41, 5.74) is 5.53. The fourth-order valence-corrected chi connectivity index (χ4v) is 7.69. The molecule has 0 radical (unpaired) electrons. The number of ether oxygens (including phenoxy) is 4. The highest BCUT2D eigenvalue weighted by Crippen LogP contribution is 2.37. The molecule has 0 bridgehead atoms. The molecule has 58 heavy (non-hydrogen) atoms. The number of halogens is 1. The van der Waals surface area contributed by atoms with Crippen molar-refractivity contribution < 1.29 is 38.1 Å². The van der Waals surface area contributed by atoms with Crippen LogP contribution in [0.2, 0.25) is 0 Å². The standard InChI is InChI=1S/C45H52N4O8.ClH/c1-30(50)42-38(54-3)26-36(27-39(42)55-4)32-8-12-34(13-9-32)44(52)48-22-18-46(19-23-48)16-7-17-47-20-24-49(25-21-47)45(53)35-14-10-33(11-15-35)37-28-40(56-5)43(31(2)51)41(29-37)57-6;/h8-15,26-29H,7,16-25H2,1-6H3;1H. The molecular weight excluding hydrogens is 760 g/mol. The van der Waals surface area contributed by atoms with Gasteiger partial charge in [-0.3, -0.25) is 29.0 Å². The monoisotopic (exact) mass is 812 g/mol. The van der Waals surface area contributed by atoms with E-state index in [0.717, 1.165) is 67.9 Å². The highest BCUT2D eigenvalue weighted by atomic mass is 35.5. The molecule has 2 aliphatic heterocycles. The third-order valence-electron chi connectivity index (χ3n) is 10.9. The van der Waals surface area contributed by atoms with E-state index in [9.17, 15) is 19.2 Å². The van der Waals surface area contributed by atoms with E-state index in [4.69, 9.17) is 18.9 Å². The smallest absolute Gasteiger partial charge is 0.253 e. The van der Waals surface area contributed by atoms with E-state index in [2.05, 4.69) is 9.80 Å². The van der Waals surface area contributed by atoms with Gasteiger partial charge in [-0.25, -0.2) is 0 Å². The van der Waals surface area contributed by atoms with E-state index in [1.54, 1.807) is 0 Å². The summed E-state index contributed by atoms with van der Waals surface area (Å²) in [5, 5.41) is 0. The predicted molar refractivity (Wildman–Crippen MR) is 227 cm³/mol. The van der Waals surface area contributed by atoms with Crippen LogP contribution in [0, 0.1) is 0 Å². The first-order valence-electron chi connectivity index (χ1n) is 19.3. The number of carbonyl (C=O) groups excluding carboxylic acids is 4. The zero-order valence-corrected chi connectivity index (χ0v) is 35.0. The second-order valence-electron chi connectivity index (χ2n) is 14.4. The van der Waals surface area contributed by atoms with Gasteiger partial charge in [0.2, 0.25) is 0 Å². The third-order valence-corrected chi connectivity index (χ3v) is 10.9. The van der Waals surface area contributed by atoms with E-state index < -0.39 is 0 Å². The zero-order valence-electron chi connectivity index (χ0n) is 34.2. The first kappa shape index (κ1) is 43.7. The number of methoxy groups -OCH3 is 4. The van der Waals surface area contributed by atoms with Gasteiger partial charge >= 0.3 is 0 Å². The molecule has 6 rings (SSSR count). The van der Waals surface area contributed by atoms with Gasteiger partial charge in [-0.1, -0.05) is 24.3 Å². The fraction of sp³-hybridized carbons (Fsp3) is 0.378. The molecule has 0 N–H and O–H groups in total. The highest BCUT2D eigenvalue weighted by molar-refractivity contribution is 6.02. The van der Waals surface area contributed by atoms with E-state index in [0.29, 0.717) is 71.4 Å². The summed E-state index contributed by atoms with van der Waals surface area (Å²) in [7, 11) is 6.11. The molecule has 2 saturated heterocycles. The van der Waals surface area contributed by atoms with Crippen LogP contribution in [0.15, 0.2) is 72.8 Å². The minimum atomic E-state index is -0.137. The molecule has 0 unspecified atom stereocenters. The van der Waals surface area contributed by atoms with Gasteiger partial charge in [-0.05, 0) is 104 Å². The summed E-state index contributed by atoms with van der Waals surface area (Å²) < 4.78 is 21.9. The van der Waals surface area contributed by atoms with Gasteiger partial charge in [0.05, 0.1) is 28.4 Å². The summed E-state index contributed by atoms with van der Waals surface area (Å²) in [6.07, 6.45) is 1.02. The first-order valence-corrected chi connectivity index (χ1v) is 19.3. The molecule has 0 saturated carbocycles. The number of rotatable bonds is 14. The van der Waals surface area contributed by atoms with Crippen LogP contribution in [0.3, 0.4) is 0 Å². The number of carbonyl (C=O) groups is 4. The minimum Gasteiger partial charge on any atom is -0.496 e. The molecule has 308 valence electrons. The van der Waals surface area contributed by atoms with Gasteiger partial charge in [0.1, 0.15) is 34.1 Å². The predicted octanol–water partition coefficient (Wildman–Crippen LogP) is 6.49. The van der Waals surface area contributed by atoms with Crippen LogP contribution in [0.4, 0.5) is 0 Å². The summed E-state index contributed by atoms with van der Waals surface area (Å²) in [6.45, 7) is 10.9. The molecule has 2 aliphatic rings. The second-order valence-corrected chi connectivity index (χ2v) is 14.4. The number of amides is 2. The maximum atomic E-state index is 13.4. The van der Waals surface area contributed by atoms with Crippen molar-refractivity contribution >= 4 is 35.8 Å². The molecular formula is C45H53ClN4O8. The van der Waals surface area contributed by atoms with Crippen LogP contribution >= 0.6 is 12.4 Å². The van der Waals surface area contributed by atoms with Gasteiger partial charge in [-0.15, -0.1) is 12.4 Å². The van der Waals surface area contributed by atoms with Crippen LogP contribution in [0.1, 0.15) is 61.7 Å². The number of nitrogens with zero attached hydrogens (tertiary/aromatic N) is 4. The largest absolute Gasteiger partial charge is 0.496 e. The Balaban J connectivity index is 0.00000641. The Kier molecular flexibility index (Phi) is 14.9. The summed E-state index contributed by atoms with van der Waals surface area (Å²) in [5.74, 6) is 1.56. The van der Waals surface area contributed by atoms with E-state index in [1.807, 2.05) is 82.6 Å². The van der Waals surface area contributed by atoms with Crippen molar-refractivity contribution in [3.8, 4) is 45.3 Å². The number of piperazine rings is 2. The Labute approximate surface area is 347 Å². The Morgan fingerprint density at radius 1 is 0.466 bits per heavy atom. The molecule has 0 aromatic heterocycles. The number of hydrogen-bond donors (Lipinski definition) is 0. The second kappa shape index (κ2) is 19.8.